The van der Waals surface area contributed by atoms with Crippen LogP contribution in [-0.4, -0.2) is 42.2 Å². The van der Waals surface area contributed by atoms with E-state index in [1.165, 1.54) is 39.5 Å². The summed E-state index contributed by atoms with van der Waals surface area (Å²) >= 11 is 0. The molecule has 2 rings (SSSR count). The Morgan fingerprint density at radius 2 is 1.66 bits per heavy atom. The number of nitriles is 1. The van der Waals surface area contributed by atoms with Crippen LogP contribution in [0.2, 0.25) is 0 Å². The summed E-state index contributed by atoms with van der Waals surface area (Å²) in [7, 11) is 0.453. The molecule has 0 saturated heterocycles. The van der Waals surface area contributed by atoms with Gasteiger partial charge in [-0.15, -0.1) is 0 Å². The Bertz CT molecular complexity index is 1030. The van der Waals surface area contributed by atoms with Crippen molar-refractivity contribution in [2.24, 2.45) is 0 Å². The van der Waals surface area contributed by atoms with E-state index in [2.05, 4.69) is 10.0 Å². The third kappa shape index (κ3) is 5.37. The van der Waals surface area contributed by atoms with Gasteiger partial charge in [0.05, 0.1) is 38.3 Å². The molecule has 9 nitrogen and oxygen atoms in total. The van der Waals surface area contributed by atoms with Crippen LogP contribution < -0.4 is 24.2 Å². The number of amides is 1. The number of carbonyl (C=O) groups excluding carboxylic acids is 1. The molecule has 0 aliphatic carbocycles. The van der Waals surface area contributed by atoms with Crippen LogP contribution in [0.3, 0.4) is 0 Å². The van der Waals surface area contributed by atoms with Crippen LogP contribution in [0, 0.1) is 11.3 Å². The number of hydrogen-bond acceptors (Lipinski definition) is 7. The molecule has 10 heteroatoms. The summed E-state index contributed by atoms with van der Waals surface area (Å²) in [5.74, 6) is 0.862. The van der Waals surface area contributed by atoms with Crippen molar-refractivity contribution in [2.75, 3.05) is 27.9 Å². The molecule has 0 spiro atoms. The van der Waals surface area contributed by atoms with Gasteiger partial charge in [0, 0.05) is 18.2 Å². The molecule has 0 unspecified atom stereocenters. The summed E-state index contributed by atoms with van der Waals surface area (Å²) in [5.41, 5.74) is 0.617. The molecule has 154 valence electrons. The van der Waals surface area contributed by atoms with E-state index < -0.39 is 22.5 Å². The number of hydrogen-bond donors (Lipinski definition) is 2. The maximum Gasteiger partial charge on any atom is 0.242 e. The van der Waals surface area contributed by atoms with Gasteiger partial charge in [0.25, 0.3) is 0 Å². The second-order valence-electron chi connectivity index (χ2n) is 5.73. The summed E-state index contributed by atoms with van der Waals surface area (Å²) in [6.45, 7) is -0.406. The Kier molecular flexibility index (Phi) is 7.41. The van der Waals surface area contributed by atoms with E-state index in [9.17, 15) is 13.2 Å². The average molecular weight is 419 g/mol. The fourth-order valence-corrected chi connectivity index (χ4v) is 3.66. The highest BCUT2D eigenvalue weighted by atomic mass is 32.2. The molecule has 0 aliphatic heterocycles. The number of methoxy groups -OCH3 is 3. The Hall–Kier alpha value is -3.29. The van der Waals surface area contributed by atoms with Gasteiger partial charge in [-0.1, -0.05) is 12.1 Å². The molecule has 0 atom stereocenters. The van der Waals surface area contributed by atoms with Crippen LogP contribution in [0.25, 0.3) is 0 Å². The fraction of sp³-hybridized carbons (Fsp3) is 0.263. The van der Waals surface area contributed by atoms with Gasteiger partial charge in [-0.3, -0.25) is 4.79 Å². The van der Waals surface area contributed by atoms with Gasteiger partial charge in [0.2, 0.25) is 15.9 Å². The van der Waals surface area contributed by atoms with Crippen LogP contribution in [-0.2, 0) is 21.4 Å². The van der Waals surface area contributed by atoms with Crippen molar-refractivity contribution in [3.8, 4) is 23.3 Å². The first-order chi connectivity index (χ1) is 13.9. The van der Waals surface area contributed by atoms with E-state index in [1.54, 1.807) is 18.2 Å². The zero-order valence-electron chi connectivity index (χ0n) is 16.2. The van der Waals surface area contributed by atoms with Crippen molar-refractivity contribution in [3.63, 3.8) is 0 Å². The Labute approximate surface area is 169 Å². The van der Waals surface area contributed by atoms with E-state index >= 15 is 0 Å². The first-order valence-electron chi connectivity index (χ1n) is 8.40. The lowest BCUT2D eigenvalue weighted by Gasteiger charge is -2.15. The summed E-state index contributed by atoms with van der Waals surface area (Å²) in [4.78, 5) is 11.9. The molecule has 0 fully saturated rings. The number of sulfonamides is 1. The summed E-state index contributed by atoms with van der Waals surface area (Å²) in [6, 6.07) is 10.8. The smallest absolute Gasteiger partial charge is 0.242 e. The standard InChI is InChI=1S/C19H21N3O6S/c1-26-15-9-17(28-3)16(27-2)8-14(15)11-21-19(23)12-22-29(24,25)18-7-5-4-6-13(18)10-20/h4-9,22H,11-12H2,1-3H3,(H,21,23). The Morgan fingerprint density at radius 3 is 2.28 bits per heavy atom. The van der Waals surface area contributed by atoms with E-state index in [0.29, 0.717) is 22.8 Å². The lowest BCUT2D eigenvalue weighted by molar-refractivity contribution is -0.120. The molecule has 0 heterocycles. The molecule has 1 amide bonds. The fourth-order valence-electron chi connectivity index (χ4n) is 2.52. The second-order valence-corrected chi connectivity index (χ2v) is 7.46. The Morgan fingerprint density at radius 1 is 1.03 bits per heavy atom. The summed E-state index contributed by atoms with van der Waals surface area (Å²) in [5, 5.41) is 11.7. The van der Waals surface area contributed by atoms with Gasteiger partial charge >= 0.3 is 0 Å². The maximum atomic E-state index is 12.4. The van der Waals surface area contributed by atoms with Crippen LogP contribution in [0.5, 0.6) is 17.2 Å². The van der Waals surface area contributed by atoms with Crippen molar-refractivity contribution in [3.05, 3.63) is 47.5 Å². The molecule has 2 aromatic rings. The van der Waals surface area contributed by atoms with Gasteiger partial charge < -0.3 is 19.5 Å². The van der Waals surface area contributed by atoms with Crippen molar-refractivity contribution < 1.29 is 27.4 Å². The maximum absolute atomic E-state index is 12.4. The quantitative estimate of drug-likeness (QED) is 0.625. The molecule has 0 radical (unpaired) electrons. The van der Waals surface area contributed by atoms with Crippen molar-refractivity contribution in [1.82, 2.24) is 10.0 Å². The third-order valence-corrected chi connectivity index (χ3v) is 5.44. The van der Waals surface area contributed by atoms with Crippen molar-refractivity contribution in [2.45, 2.75) is 11.4 Å². The molecular formula is C19H21N3O6S. The third-order valence-electron chi connectivity index (χ3n) is 3.98. The zero-order valence-corrected chi connectivity index (χ0v) is 17.0. The molecule has 0 aromatic heterocycles. The predicted octanol–water partition coefficient (Wildman–Crippen LogP) is 1.18. The number of ether oxygens (including phenoxy) is 3. The lowest BCUT2D eigenvalue weighted by Crippen LogP contribution is -2.36. The van der Waals surface area contributed by atoms with Gasteiger partial charge in [-0.2, -0.15) is 5.26 Å². The highest BCUT2D eigenvalue weighted by Crippen LogP contribution is 2.34. The molecule has 2 N–H and O–H groups in total. The molecular weight excluding hydrogens is 398 g/mol. The van der Waals surface area contributed by atoms with Crippen LogP contribution in [0.15, 0.2) is 41.3 Å². The number of rotatable bonds is 9. The number of nitrogens with one attached hydrogen (secondary N) is 2. The average Bonchev–Trinajstić information content (AvgIpc) is 2.75. The zero-order chi connectivity index (χ0) is 21.4. The monoisotopic (exact) mass is 419 g/mol. The molecule has 0 bridgehead atoms. The van der Waals surface area contributed by atoms with Gasteiger partial charge in [-0.25, -0.2) is 13.1 Å². The lowest BCUT2D eigenvalue weighted by atomic mass is 10.1. The summed E-state index contributed by atoms with van der Waals surface area (Å²) < 4.78 is 42.6. The number of carbonyl (C=O) groups is 1. The van der Waals surface area contributed by atoms with Gasteiger partial charge in [0.15, 0.2) is 11.5 Å². The minimum absolute atomic E-state index is 0.00419. The second kappa shape index (κ2) is 9.77. The van der Waals surface area contributed by atoms with Crippen molar-refractivity contribution >= 4 is 15.9 Å². The van der Waals surface area contributed by atoms with E-state index in [4.69, 9.17) is 19.5 Å². The van der Waals surface area contributed by atoms with Crippen LogP contribution in [0.1, 0.15) is 11.1 Å². The van der Waals surface area contributed by atoms with Crippen LogP contribution in [0.4, 0.5) is 0 Å². The topological polar surface area (TPSA) is 127 Å². The van der Waals surface area contributed by atoms with E-state index in [-0.39, 0.29) is 17.0 Å². The largest absolute Gasteiger partial charge is 0.496 e. The normalized spacial score (nSPS) is 10.7. The highest BCUT2D eigenvalue weighted by Gasteiger charge is 2.19. The van der Waals surface area contributed by atoms with Gasteiger partial charge in [-0.05, 0) is 18.2 Å². The van der Waals surface area contributed by atoms with E-state index in [1.807, 2.05) is 6.07 Å². The molecule has 0 saturated carbocycles. The van der Waals surface area contributed by atoms with Crippen molar-refractivity contribution in [1.29, 1.82) is 5.26 Å². The molecule has 0 aliphatic rings. The SMILES string of the molecule is COc1cc(OC)c(OC)cc1CNC(=O)CNS(=O)(=O)c1ccccc1C#N. The van der Waals surface area contributed by atoms with Crippen LogP contribution >= 0.6 is 0 Å². The minimum atomic E-state index is -4.01. The molecule has 2 aromatic carbocycles. The first kappa shape index (κ1) is 22.0. The molecule has 29 heavy (non-hydrogen) atoms. The Balaban J connectivity index is 2.04. The number of benzene rings is 2. The summed E-state index contributed by atoms with van der Waals surface area (Å²) in [6.07, 6.45) is 0. The predicted molar refractivity (Wildman–Crippen MR) is 104 cm³/mol. The highest BCUT2D eigenvalue weighted by molar-refractivity contribution is 7.89. The first-order valence-corrected chi connectivity index (χ1v) is 9.89. The van der Waals surface area contributed by atoms with Gasteiger partial charge in [0.1, 0.15) is 11.8 Å². The van der Waals surface area contributed by atoms with E-state index in [0.717, 1.165) is 0 Å². The number of nitrogens with zero attached hydrogens (tertiary/aromatic N) is 1. The minimum Gasteiger partial charge on any atom is -0.496 e.